The van der Waals surface area contributed by atoms with Crippen LogP contribution in [0.25, 0.3) is 11.0 Å². The molecule has 1 aliphatic rings. The summed E-state index contributed by atoms with van der Waals surface area (Å²) in [4.78, 5) is 14.6. The number of piperidine rings is 1. The van der Waals surface area contributed by atoms with Crippen LogP contribution in [0.5, 0.6) is 0 Å². The summed E-state index contributed by atoms with van der Waals surface area (Å²) in [5.74, 6) is 0.580. The summed E-state index contributed by atoms with van der Waals surface area (Å²) in [6.07, 6.45) is 8.22. The van der Waals surface area contributed by atoms with E-state index in [1.165, 1.54) is 57.3 Å². The second kappa shape index (κ2) is 8.72. The van der Waals surface area contributed by atoms with Crippen molar-refractivity contribution in [2.75, 3.05) is 25.0 Å². The summed E-state index contributed by atoms with van der Waals surface area (Å²) in [6, 6.07) is 5.96. The van der Waals surface area contributed by atoms with E-state index in [0.717, 1.165) is 16.7 Å². The highest BCUT2D eigenvalue weighted by molar-refractivity contribution is 5.95. The van der Waals surface area contributed by atoms with Crippen molar-refractivity contribution in [1.82, 2.24) is 4.90 Å². The molecule has 142 valence electrons. The van der Waals surface area contributed by atoms with Gasteiger partial charge in [0.05, 0.1) is 6.26 Å². The maximum absolute atomic E-state index is 12.0. The number of carbonyl (C=O) groups is 1. The summed E-state index contributed by atoms with van der Waals surface area (Å²) in [5, 5.41) is 4.15. The van der Waals surface area contributed by atoms with Crippen LogP contribution >= 0.6 is 0 Å². The Balaban J connectivity index is 1.67. The van der Waals surface area contributed by atoms with E-state index < -0.39 is 0 Å². The monoisotopic (exact) mass is 356 g/mol. The van der Waals surface area contributed by atoms with E-state index >= 15 is 0 Å². The SMILES string of the molecule is CCCCCN1CCC(c2coc3ccc(NC(=O)C(C)C)cc23)CC1. The molecule has 0 unspecified atom stereocenters. The highest BCUT2D eigenvalue weighted by Crippen LogP contribution is 2.35. The Morgan fingerprint density at radius 1 is 1.27 bits per heavy atom. The van der Waals surface area contributed by atoms with Gasteiger partial charge >= 0.3 is 0 Å². The first-order valence-electron chi connectivity index (χ1n) is 10.1. The fraction of sp³-hybridized carbons (Fsp3) is 0.591. The molecule has 4 heteroatoms. The van der Waals surface area contributed by atoms with Gasteiger partial charge in [0, 0.05) is 22.6 Å². The van der Waals surface area contributed by atoms with Gasteiger partial charge in [-0.1, -0.05) is 33.6 Å². The van der Waals surface area contributed by atoms with Gasteiger partial charge in [-0.25, -0.2) is 0 Å². The van der Waals surface area contributed by atoms with Gasteiger partial charge in [0.15, 0.2) is 0 Å². The van der Waals surface area contributed by atoms with Crippen LogP contribution in [0.3, 0.4) is 0 Å². The Kier molecular flexibility index (Phi) is 6.36. The molecule has 2 heterocycles. The largest absolute Gasteiger partial charge is 0.464 e. The Morgan fingerprint density at radius 2 is 2.04 bits per heavy atom. The third kappa shape index (κ3) is 4.47. The fourth-order valence-electron chi connectivity index (χ4n) is 3.78. The first-order chi connectivity index (χ1) is 12.6. The summed E-state index contributed by atoms with van der Waals surface area (Å²) >= 11 is 0. The third-order valence-electron chi connectivity index (χ3n) is 5.50. The van der Waals surface area contributed by atoms with Crippen molar-refractivity contribution < 1.29 is 9.21 Å². The van der Waals surface area contributed by atoms with Crippen LogP contribution in [0, 0.1) is 5.92 Å². The Hall–Kier alpha value is -1.81. The van der Waals surface area contributed by atoms with Gasteiger partial charge in [-0.05, 0) is 63.0 Å². The fourth-order valence-corrected chi connectivity index (χ4v) is 3.78. The summed E-state index contributed by atoms with van der Waals surface area (Å²) < 4.78 is 5.79. The zero-order valence-electron chi connectivity index (χ0n) is 16.4. The first-order valence-corrected chi connectivity index (χ1v) is 10.1. The molecule has 1 aromatic heterocycles. The van der Waals surface area contributed by atoms with Crippen LogP contribution in [0.1, 0.15) is 64.4 Å². The van der Waals surface area contributed by atoms with E-state index in [9.17, 15) is 4.79 Å². The number of hydrogen-bond donors (Lipinski definition) is 1. The molecule has 0 aliphatic carbocycles. The van der Waals surface area contributed by atoms with Gasteiger partial charge in [0.25, 0.3) is 0 Å². The summed E-state index contributed by atoms with van der Waals surface area (Å²) in [6.45, 7) is 9.65. The van der Waals surface area contributed by atoms with Crippen LogP contribution in [-0.4, -0.2) is 30.4 Å². The number of rotatable bonds is 7. The van der Waals surface area contributed by atoms with Gasteiger partial charge in [-0.15, -0.1) is 0 Å². The number of carbonyl (C=O) groups excluding carboxylic acids is 1. The van der Waals surface area contributed by atoms with Crippen LogP contribution in [0.15, 0.2) is 28.9 Å². The van der Waals surface area contributed by atoms with E-state index in [0.29, 0.717) is 5.92 Å². The highest BCUT2D eigenvalue weighted by Gasteiger charge is 2.23. The van der Waals surface area contributed by atoms with Crippen molar-refractivity contribution >= 4 is 22.6 Å². The number of unbranched alkanes of at least 4 members (excludes halogenated alkanes) is 2. The number of hydrogen-bond acceptors (Lipinski definition) is 3. The van der Waals surface area contributed by atoms with E-state index in [1.54, 1.807) is 0 Å². The van der Waals surface area contributed by atoms with Crippen molar-refractivity contribution in [2.24, 2.45) is 5.92 Å². The molecule has 0 bridgehead atoms. The standard InChI is InChI=1S/C22H32N2O2/c1-4-5-6-11-24-12-9-17(10-13-24)20-15-26-21-8-7-18(14-19(20)21)23-22(25)16(2)3/h7-8,14-17H,4-6,9-13H2,1-3H3,(H,23,25). The molecule has 1 fully saturated rings. The lowest BCUT2D eigenvalue weighted by molar-refractivity contribution is -0.118. The van der Waals surface area contributed by atoms with E-state index in [4.69, 9.17) is 4.42 Å². The molecular weight excluding hydrogens is 324 g/mol. The van der Waals surface area contributed by atoms with E-state index in [-0.39, 0.29) is 11.8 Å². The van der Waals surface area contributed by atoms with Crippen LogP contribution in [-0.2, 0) is 4.79 Å². The molecule has 0 radical (unpaired) electrons. The molecule has 3 rings (SSSR count). The minimum atomic E-state index is -0.0217. The van der Waals surface area contributed by atoms with Crippen LogP contribution in [0.2, 0.25) is 0 Å². The molecule has 0 spiro atoms. The molecule has 0 atom stereocenters. The van der Waals surface area contributed by atoms with Crippen molar-refractivity contribution in [3.8, 4) is 0 Å². The molecule has 0 saturated carbocycles. The molecule has 26 heavy (non-hydrogen) atoms. The van der Waals surface area contributed by atoms with E-state index in [2.05, 4.69) is 23.2 Å². The smallest absolute Gasteiger partial charge is 0.226 e. The lowest BCUT2D eigenvalue weighted by Gasteiger charge is -2.31. The van der Waals surface area contributed by atoms with Gasteiger partial charge in [0.2, 0.25) is 5.91 Å². The number of fused-ring (bicyclic) bond motifs is 1. The van der Waals surface area contributed by atoms with Crippen molar-refractivity contribution in [2.45, 2.75) is 58.8 Å². The van der Waals surface area contributed by atoms with Gasteiger partial charge in [0.1, 0.15) is 5.58 Å². The second-order valence-electron chi connectivity index (χ2n) is 7.87. The molecule has 1 N–H and O–H groups in total. The van der Waals surface area contributed by atoms with Gasteiger partial charge in [-0.2, -0.15) is 0 Å². The zero-order chi connectivity index (χ0) is 18.5. The van der Waals surface area contributed by atoms with E-state index in [1.807, 2.05) is 32.2 Å². The minimum absolute atomic E-state index is 0.0217. The summed E-state index contributed by atoms with van der Waals surface area (Å²) in [7, 11) is 0. The molecule has 1 aliphatic heterocycles. The first kappa shape index (κ1) is 19.0. The summed E-state index contributed by atoms with van der Waals surface area (Å²) in [5.41, 5.74) is 3.07. The normalized spacial score (nSPS) is 16.5. The lowest BCUT2D eigenvalue weighted by Crippen LogP contribution is -2.33. The quantitative estimate of drug-likeness (QED) is 0.676. The Labute approximate surface area is 156 Å². The van der Waals surface area contributed by atoms with Crippen molar-refractivity contribution in [1.29, 1.82) is 0 Å². The highest BCUT2D eigenvalue weighted by atomic mass is 16.3. The van der Waals surface area contributed by atoms with Crippen molar-refractivity contribution in [3.05, 3.63) is 30.0 Å². The van der Waals surface area contributed by atoms with Crippen molar-refractivity contribution in [3.63, 3.8) is 0 Å². The number of anilines is 1. The molecule has 2 aromatic rings. The average Bonchev–Trinajstić information content (AvgIpc) is 3.05. The lowest BCUT2D eigenvalue weighted by atomic mass is 9.89. The van der Waals surface area contributed by atoms with Gasteiger partial charge in [-0.3, -0.25) is 4.79 Å². The maximum atomic E-state index is 12.0. The average molecular weight is 357 g/mol. The Morgan fingerprint density at radius 3 is 2.73 bits per heavy atom. The molecule has 1 saturated heterocycles. The maximum Gasteiger partial charge on any atom is 0.226 e. The number of likely N-dealkylation sites (tertiary alicyclic amines) is 1. The number of nitrogens with one attached hydrogen (secondary N) is 1. The number of nitrogens with zero attached hydrogens (tertiary/aromatic N) is 1. The van der Waals surface area contributed by atoms with Crippen LogP contribution < -0.4 is 5.32 Å². The number of furan rings is 1. The molecule has 1 amide bonds. The van der Waals surface area contributed by atoms with Crippen LogP contribution in [0.4, 0.5) is 5.69 Å². The number of amides is 1. The number of benzene rings is 1. The third-order valence-corrected chi connectivity index (χ3v) is 5.50. The second-order valence-corrected chi connectivity index (χ2v) is 7.87. The Bertz CT molecular complexity index is 727. The molecule has 4 nitrogen and oxygen atoms in total. The molecule has 1 aromatic carbocycles. The predicted octanol–water partition coefficient (Wildman–Crippen LogP) is 5.40. The zero-order valence-corrected chi connectivity index (χ0v) is 16.4. The minimum Gasteiger partial charge on any atom is -0.464 e. The topological polar surface area (TPSA) is 45.5 Å². The predicted molar refractivity (Wildman–Crippen MR) is 108 cm³/mol. The van der Waals surface area contributed by atoms with Gasteiger partial charge < -0.3 is 14.6 Å². The molecular formula is C22H32N2O2.